The van der Waals surface area contributed by atoms with E-state index >= 15 is 8.78 Å². The summed E-state index contributed by atoms with van der Waals surface area (Å²) in [6, 6.07) is 4.35. The molecule has 0 saturated carbocycles. The lowest BCUT2D eigenvalue weighted by molar-refractivity contribution is -0.167. The van der Waals surface area contributed by atoms with Gasteiger partial charge in [-0.1, -0.05) is 0 Å². The number of carbonyl (C=O) groups is 2. The number of ether oxygens (including phenoxy) is 1. The van der Waals surface area contributed by atoms with Crippen molar-refractivity contribution < 1.29 is 45.8 Å². The minimum absolute atomic E-state index is 0.123. The Bertz CT molecular complexity index is 2170. The third-order valence-electron chi connectivity index (χ3n) is 8.63. The topological polar surface area (TPSA) is 118 Å². The molecule has 2 unspecified atom stereocenters. The Balaban J connectivity index is 1.30. The zero-order valence-corrected chi connectivity index (χ0v) is 25.8. The van der Waals surface area contributed by atoms with Crippen LogP contribution in [0, 0.1) is 24.4 Å². The number of morpholine rings is 1. The molecule has 3 aromatic heterocycles. The predicted octanol–water partition coefficient (Wildman–Crippen LogP) is 4.77. The summed E-state index contributed by atoms with van der Waals surface area (Å²) in [4.78, 5) is 43.8. The van der Waals surface area contributed by atoms with Crippen molar-refractivity contribution in [3.63, 3.8) is 0 Å². The highest BCUT2D eigenvalue weighted by atomic mass is 19.4. The van der Waals surface area contributed by atoms with E-state index in [9.17, 15) is 37.1 Å². The van der Waals surface area contributed by atoms with Gasteiger partial charge in [-0.25, -0.2) is 22.9 Å². The second-order valence-electron chi connectivity index (χ2n) is 11.6. The van der Waals surface area contributed by atoms with Crippen molar-refractivity contribution in [2.24, 2.45) is 7.05 Å². The number of aliphatic carboxylic acids is 1. The van der Waals surface area contributed by atoms with Crippen LogP contribution in [0.5, 0.6) is 0 Å². The van der Waals surface area contributed by atoms with Gasteiger partial charge in [-0.15, -0.1) is 0 Å². The van der Waals surface area contributed by atoms with Crippen LogP contribution in [-0.4, -0.2) is 69.0 Å². The Morgan fingerprint density at radius 3 is 2.49 bits per heavy atom. The Morgan fingerprint density at radius 2 is 1.82 bits per heavy atom. The lowest BCUT2D eigenvalue weighted by Gasteiger charge is -2.38. The maximum atomic E-state index is 15.2. The average molecular weight is 688 g/mol. The molecule has 1 amide bonds. The quantitative estimate of drug-likeness (QED) is 0.237. The zero-order chi connectivity index (χ0) is 35.4. The normalized spacial score (nSPS) is 15.9. The molecule has 6 rings (SSSR count). The van der Waals surface area contributed by atoms with Gasteiger partial charge in [0.1, 0.15) is 40.7 Å². The number of carboxylic acids is 1. The molecule has 4 heterocycles. The Hall–Kier alpha value is -5.38. The van der Waals surface area contributed by atoms with Crippen molar-refractivity contribution >= 4 is 34.1 Å². The van der Waals surface area contributed by atoms with Crippen LogP contribution >= 0.6 is 0 Å². The molecule has 1 saturated heterocycles. The first kappa shape index (κ1) is 33.5. The smallest absolute Gasteiger partial charge is 0.411 e. The molecular formula is C33H27F6N5O5. The highest BCUT2D eigenvalue weighted by molar-refractivity contribution is 5.97. The molecule has 0 aliphatic carbocycles. The number of halogens is 6. The van der Waals surface area contributed by atoms with Crippen LogP contribution in [0.3, 0.4) is 0 Å². The number of carboxylic acid groups (broad SMARTS) is 1. The fourth-order valence-corrected chi connectivity index (χ4v) is 6.19. The Morgan fingerprint density at radius 1 is 1.10 bits per heavy atom. The van der Waals surface area contributed by atoms with E-state index in [1.54, 1.807) is 14.0 Å². The number of rotatable bonds is 7. The van der Waals surface area contributed by atoms with Crippen LogP contribution < -0.4 is 15.8 Å². The number of benzene rings is 2. The first-order valence-electron chi connectivity index (χ1n) is 14.8. The summed E-state index contributed by atoms with van der Waals surface area (Å²) in [5.74, 6) is -6.46. The second-order valence-corrected chi connectivity index (χ2v) is 11.6. The summed E-state index contributed by atoms with van der Waals surface area (Å²) in [7, 11) is 1.55. The number of pyridine rings is 2. The molecule has 1 fully saturated rings. The van der Waals surface area contributed by atoms with Gasteiger partial charge in [-0.3, -0.25) is 9.59 Å². The molecule has 10 nitrogen and oxygen atoms in total. The Kier molecular flexibility index (Phi) is 8.60. The van der Waals surface area contributed by atoms with E-state index in [2.05, 4.69) is 10.3 Å². The summed E-state index contributed by atoms with van der Waals surface area (Å²) in [5, 5.41) is 12.5. The Labute approximate surface area is 273 Å². The van der Waals surface area contributed by atoms with Gasteiger partial charge in [0, 0.05) is 54.7 Å². The lowest BCUT2D eigenvalue weighted by Crippen LogP contribution is -2.53. The van der Waals surface area contributed by atoms with Gasteiger partial charge in [0.25, 0.3) is 11.5 Å². The monoisotopic (exact) mass is 687 g/mol. The number of hydrogen-bond donors (Lipinski definition) is 2. The van der Waals surface area contributed by atoms with Crippen molar-refractivity contribution in [1.29, 1.82) is 0 Å². The largest absolute Gasteiger partial charge is 0.480 e. The SMILES string of the molecule is Cc1c(-c2ccc(CC(NC(=O)c3c(F)cc(N4CCOCC4C(F)(F)F)cc3F)C(=O)O)n3ccnc23)c(=O)n(C)c2ccc(F)cc12. The molecular weight excluding hydrogens is 660 g/mol. The van der Waals surface area contributed by atoms with Crippen molar-refractivity contribution in [1.82, 2.24) is 19.3 Å². The molecule has 5 aromatic rings. The minimum Gasteiger partial charge on any atom is -0.480 e. The fourth-order valence-electron chi connectivity index (χ4n) is 6.19. The van der Waals surface area contributed by atoms with E-state index in [0.29, 0.717) is 34.2 Å². The molecule has 16 heteroatoms. The molecule has 0 bridgehead atoms. The van der Waals surface area contributed by atoms with Crippen LogP contribution in [0.25, 0.3) is 27.7 Å². The van der Waals surface area contributed by atoms with Gasteiger partial charge in [0.05, 0.1) is 24.3 Å². The van der Waals surface area contributed by atoms with Gasteiger partial charge < -0.3 is 29.0 Å². The fraction of sp³-hybridized carbons (Fsp3) is 0.273. The van der Waals surface area contributed by atoms with E-state index < -0.39 is 71.9 Å². The minimum atomic E-state index is -4.76. The number of carbonyl (C=O) groups excluding carboxylic acids is 1. The summed E-state index contributed by atoms with van der Waals surface area (Å²) < 4.78 is 92.8. The summed E-state index contributed by atoms with van der Waals surface area (Å²) in [5.41, 5.74) is 0.114. The summed E-state index contributed by atoms with van der Waals surface area (Å²) in [6.07, 6.45) is -2.27. The number of nitrogens with zero attached hydrogens (tertiary/aromatic N) is 4. The molecule has 256 valence electrons. The average Bonchev–Trinajstić information content (AvgIpc) is 3.54. The van der Waals surface area contributed by atoms with Crippen molar-refractivity contribution in [2.75, 3.05) is 24.7 Å². The molecule has 1 aliphatic rings. The molecule has 2 N–H and O–H groups in total. The molecule has 2 atom stereocenters. The van der Waals surface area contributed by atoms with Crippen LogP contribution in [0.4, 0.5) is 32.0 Å². The van der Waals surface area contributed by atoms with Crippen molar-refractivity contribution in [2.45, 2.75) is 31.6 Å². The molecule has 1 aliphatic heterocycles. The van der Waals surface area contributed by atoms with Gasteiger partial charge in [-0.05, 0) is 55.0 Å². The second kappa shape index (κ2) is 12.6. The number of imidazole rings is 1. The third kappa shape index (κ3) is 6.07. The number of amides is 1. The maximum absolute atomic E-state index is 15.2. The van der Waals surface area contributed by atoms with E-state index in [-0.39, 0.29) is 35.6 Å². The number of fused-ring (bicyclic) bond motifs is 2. The molecule has 49 heavy (non-hydrogen) atoms. The molecule has 2 aromatic carbocycles. The van der Waals surface area contributed by atoms with E-state index in [0.717, 1.165) is 4.90 Å². The van der Waals surface area contributed by atoms with Gasteiger partial charge >= 0.3 is 12.1 Å². The number of nitrogens with one attached hydrogen (secondary N) is 1. The van der Waals surface area contributed by atoms with Gasteiger partial charge in [-0.2, -0.15) is 13.2 Å². The van der Waals surface area contributed by atoms with Crippen LogP contribution in [0.2, 0.25) is 0 Å². The zero-order valence-electron chi connectivity index (χ0n) is 25.8. The van der Waals surface area contributed by atoms with E-state index in [4.69, 9.17) is 4.74 Å². The third-order valence-corrected chi connectivity index (χ3v) is 8.63. The number of aromatic nitrogens is 3. The van der Waals surface area contributed by atoms with Crippen molar-refractivity contribution in [3.8, 4) is 11.1 Å². The molecule has 0 radical (unpaired) electrons. The van der Waals surface area contributed by atoms with Gasteiger partial charge in [0.2, 0.25) is 0 Å². The molecule has 0 spiro atoms. The predicted molar refractivity (Wildman–Crippen MR) is 165 cm³/mol. The summed E-state index contributed by atoms with van der Waals surface area (Å²) in [6.45, 7) is 0.480. The number of aryl methyl sites for hydroxylation is 2. The summed E-state index contributed by atoms with van der Waals surface area (Å²) >= 11 is 0. The van der Waals surface area contributed by atoms with E-state index in [1.807, 2.05) is 0 Å². The lowest BCUT2D eigenvalue weighted by atomic mass is 9.98. The van der Waals surface area contributed by atoms with Crippen LogP contribution in [-0.2, 0) is 23.0 Å². The standard InChI is InChI=1S/C33H27F6N5O5/c1-16-21-11-17(34)3-6-25(21)42(2)31(46)27(16)20-5-4-18(44-8-7-40-29(20)44)14-24(32(47)48)41-30(45)28-22(35)12-19(13-23(28)36)43-9-10-49-15-26(43)33(37,38)39/h3-8,11-13,24,26H,9-10,14-15H2,1-2H3,(H,41,45)(H,47,48). The number of hydrogen-bond acceptors (Lipinski definition) is 6. The first-order chi connectivity index (χ1) is 23.2. The first-order valence-corrected chi connectivity index (χ1v) is 14.8. The van der Waals surface area contributed by atoms with Crippen LogP contribution in [0.1, 0.15) is 21.6 Å². The van der Waals surface area contributed by atoms with Crippen LogP contribution in [0.15, 0.2) is 59.7 Å². The van der Waals surface area contributed by atoms with Gasteiger partial charge in [0.15, 0.2) is 0 Å². The van der Waals surface area contributed by atoms with E-state index in [1.165, 1.54) is 51.7 Å². The highest BCUT2D eigenvalue weighted by Crippen LogP contribution is 2.33. The van der Waals surface area contributed by atoms with Crippen molar-refractivity contribution in [3.05, 3.63) is 99.5 Å². The number of alkyl halides is 3. The highest BCUT2D eigenvalue weighted by Gasteiger charge is 2.46. The number of anilines is 1. The maximum Gasteiger partial charge on any atom is 0.411 e.